The Morgan fingerprint density at radius 1 is 1.40 bits per heavy atom. The van der Waals surface area contributed by atoms with Crippen LogP contribution in [0.5, 0.6) is 0 Å². The summed E-state index contributed by atoms with van der Waals surface area (Å²) in [6.07, 6.45) is 0. The maximum atomic E-state index is 13.5. The van der Waals surface area contributed by atoms with Gasteiger partial charge in [-0.2, -0.15) is 0 Å². The number of amides is 1. The van der Waals surface area contributed by atoms with E-state index in [1.807, 2.05) is 0 Å². The standard InChI is InChI=1S/C13H17FN2O4/c1-20-5-4-16-12(17)8-15-7-10-6-9(13(18)19)2-3-11(10)14/h2-3,6,15H,4-5,7-8H2,1H3,(H,16,17)(H,18,19). The molecule has 3 N–H and O–H groups in total. The second-order valence-electron chi connectivity index (χ2n) is 4.06. The van der Waals surface area contributed by atoms with Crippen LogP contribution in [0.15, 0.2) is 18.2 Å². The number of carboxylic acids is 1. The van der Waals surface area contributed by atoms with E-state index >= 15 is 0 Å². The molecular formula is C13H17FN2O4. The van der Waals surface area contributed by atoms with E-state index in [4.69, 9.17) is 9.84 Å². The molecule has 0 aliphatic carbocycles. The molecule has 7 heteroatoms. The number of hydrogen-bond donors (Lipinski definition) is 3. The van der Waals surface area contributed by atoms with Gasteiger partial charge < -0.3 is 20.5 Å². The molecule has 0 aromatic heterocycles. The van der Waals surface area contributed by atoms with E-state index in [2.05, 4.69) is 10.6 Å². The highest BCUT2D eigenvalue weighted by Crippen LogP contribution is 2.10. The molecular weight excluding hydrogens is 267 g/mol. The van der Waals surface area contributed by atoms with Crippen LogP contribution in [0.2, 0.25) is 0 Å². The first-order valence-electron chi connectivity index (χ1n) is 6.02. The van der Waals surface area contributed by atoms with Crippen molar-refractivity contribution in [1.82, 2.24) is 10.6 Å². The molecule has 1 aromatic carbocycles. The summed E-state index contributed by atoms with van der Waals surface area (Å²) in [6.45, 7) is 0.909. The molecule has 6 nitrogen and oxygen atoms in total. The third kappa shape index (κ3) is 5.33. The molecule has 0 aliphatic rings. The molecule has 0 heterocycles. The van der Waals surface area contributed by atoms with Crippen molar-refractivity contribution in [2.45, 2.75) is 6.54 Å². The Kier molecular flexibility index (Phi) is 6.61. The van der Waals surface area contributed by atoms with E-state index in [9.17, 15) is 14.0 Å². The number of benzene rings is 1. The lowest BCUT2D eigenvalue weighted by atomic mass is 10.1. The average Bonchev–Trinajstić information content (AvgIpc) is 2.41. The summed E-state index contributed by atoms with van der Waals surface area (Å²) < 4.78 is 18.2. The largest absolute Gasteiger partial charge is 0.478 e. The van der Waals surface area contributed by atoms with Crippen molar-refractivity contribution in [1.29, 1.82) is 0 Å². The summed E-state index contributed by atoms with van der Waals surface area (Å²) in [5.74, 6) is -1.87. The third-order valence-corrected chi connectivity index (χ3v) is 2.52. The van der Waals surface area contributed by atoms with Gasteiger partial charge in [0.15, 0.2) is 0 Å². The molecule has 110 valence electrons. The van der Waals surface area contributed by atoms with E-state index in [1.54, 1.807) is 0 Å². The van der Waals surface area contributed by atoms with Crippen LogP contribution in [0.25, 0.3) is 0 Å². The molecule has 1 amide bonds. The first-order chi connectivity index (χ1) is 9.54. The van der Waals surface area contributed by atoms with Gasteiger partial charge in [0.05, 0.1) is 18.7 Å². The highest BCUT2D eigenvalue weighted by molar-refractivity contribution is 5.87. The summed E-state index contributed by atoms with van der Waals surface area (Å²) in [5.41, 5.74) is 0.210. The van der Waals surface area contributed by atoms with Crippen LogP contribution >= 0.6 is 0 Å². The van der Waals surface area contributed by atoms with Crippen LogP contribution in [0.3, 0.4) is 0 Å². The van der Waals surface area contributed by atoms with Gasteiger partial charge in [0.2, 0.25) is 5.91 Å². The first-order valence-corrected chi connectivity index (χ1v) is 6.02. The van der Waals surface area contributed by atoms with Gasteiger partial charge >= 0.3 is 5.97 Å². The number of carboxylic acid groups (broad SMARTS) is 1. The van der Waals surface area contributed by atoms with Crippen molar-refractivity contribution in [2.24, 2.45) is 0 Å². The molecule has 0 bridgehead atoms. The lowest BCUT2D eigenvalue weighted by molar-refractivity contribution is -0.120. The molecule has 0 unspecified atom stereocenters. The highest BCUT2D eigenvalue weighted by atomic mass is 19.1. The van der Waals surface area contributed by atoms with Crippen LogP contribution in [0.1, 0.15) is 15.9 Å². The van der Waals surface area contributed by atoms with Gasteiger partial charge in [-0.25, -0.2) is 9.18 Å². The summed E-state index contributed by atoms with van der Waals surface area (Å²) in [6, 6.07) is 3.53. The van der Waals surface area contributed by atoms with Gasteiger partial charge in [0.25, 0.3) is 0 Å². The number of carbonyl (C=O) groups excluding carboxylic acids is 1. The molecule has 1 rings (SSSR count). The zero-order valence-corrected chi connectivity index (χ0v) is 11.1. The lowest BCUT2D eigenvalue weighted by Crippen LogP contribution is -2.35. The van der Waals surface area contributed by atoms with Crippen LogP contribution in [-0.4, -0.2) is 43.8 Å². The van der Waals surface area contributed by atoms with Gasteiger partial charge in [0, 0.05) is 25.8 Å². The molecule has 0 radical (unpaired) electrons. The van der Waals surface area contributed by atoms with Crippen LogP contribution < -0.4 is 10.6 Å². The minimum absolute atomic E-state index is 0.00717. The number of carbonyl (C=O) groups is 2. The minimum atomic E-state index is -1.12. The third-order valence-electron chi connectivity index (χ3n) is 2.52. The smallest absolute Gasteiger partial charge is 0.335 e. The normalized spacial score (nSPS) is 10.3. The van der Waals surface area contributed by atoms with E-state index in [1.165, 1.54) is 19.2 Å². The SMILES string of the molecule is COCCNC(=O)CNCc1cc(C(=O)O)ccc1F. The first kappa shape index (κ1) is 16.1. The fraction of sp³-hybridized carbons (Fsp3) is 0.385. The number of aromatic carboxylic acids is 1. The van der Waals surface area contributed by atoms with Crippen LogP contribution in [0.4, 0.5) is 4.39 Å². The van der Waals surface area contributed by atoms with Crippen molar-refractivity contribution >= 4 is 11.9 Å². The minimum Gasteiger partial charge on any atom is -0.478 e. The van der Waals surface area contributed by atoms with Crippen molar-refractivity contribution in [3.05, 3.63) is 35.1 Å². The van der Waals surface area contributed by atoms with E-state index < -0.39 is 11.8 Å². The predicted octanol–water partition coefficient (Wildman–Crippen LogP) is 0.376. The number of halogens is 1. The fourth-order valence-corrected chi connectivity index (χ4v) is 1.51. The topological polar surface area (TPSA) is 87.7 Å². The van der Waals surface area contributed by atoms with Gasteiger partial charge in [-0.3, -0.25) is 4.79 Å². The van der Waals surface area contributed by atoms with Crippen LogP contribution in [0, 0.1) is 5.82 Å². The molecule has 0 saturated heterocycles. The van der Waals surface area contributed by atoms with Crippen molar-refractivity contribution in [3.63, 3.8) is 0 Å². The van der Waals surface area contributed by atoms with E-state index in [-0.39, 0.29) is 30.1 Å². The molecule has 0 spiro atoms. The van der Waals surface area contributed by atoms with E-state index in [0.717, 1.165) is 6.07 Å². The highest BCUT2D eigenvalue weighted by Gasteiger charge is 2.08. The zero-order valence-electron chi connectivity index (χ0n) is 11.1. The van der Waals surface area contributed by atoms with E-state index in [0.29, 0.717) is 13.2 Å². The monoisotopic (exact) mass is 284 g/mol. The Hall–Kier alpha value is -1.99. The van der Waals surface area contributed by atoms with Crippen molar-refractivity contribution in [3.8, 4) is 0 Å². The summed E-state index contributed by atoms with van der Waals surface area (Å²) in [4.78, 5) is 22.1. The number of rotatable bonds is 8. The Morgan fingerprint density at radius 2 is 2.15 bits per heavy atom. The summed E-state index contributed by atoms with van der Waals surface area (Å²) in [7, 11) is 1.53. The second kappa shape index (κ2) is 8.23. The molecule has 20 heavy (non-hydrogen) atoms. The Bertz CT molecular complexity index is 479. The molecule has 0 atom stereocenters. The second-order valence-corrected chi connectivity index (χ2v) is 4.06. The fourth-order valence-electron chi connectivity index (χ4n) is 1.51. The number of ether oxygens (including phenoxy) is 1. The zero-order chi connectivity index (χ0) is 15.0. The molecule has 0 fully saturated rings. The van der Waals surface area contributed by atoms with Gasteiger partial charge in [-0.05, 0) is 18.2 Å². The molecule has 1 aromatic rings. The Labute approximate surface area is 115 Å². The summed E-state index contributed by atoms with van der Waals surface area (Å²) in [5, 5.41) is 14.2. The van der Waals surface area contributed by atoms with Crippen molar-refractivity contribution in [2.75, 3.05) is 26.8 Å². The van der Waals surface area contributed by atoms with Gasteiger partial charge in [-0.15, -0.1) is 0 Å². The Balaban J connectivity index is 2.43. The van der Waals surface area contributed by atoms with Crippen molar-refractivity contribution < 1.29 is 23.8 Å². The van der Waals surface area contributed by atoms with Gasteiger partial charge in [0.1, 0.15) is 5.82 Å². The number of hydrogen-bond acceptors (Lipinski definition) is 4. The number of nitrogens with one attached hydrogen (secondary N) is 2. The average molecular weight is 284 g/mol. The Morgan fingerprint density at radius 3 is 2.80 bits per heavy atom. The lowest BCUT2D eigenvalue weighted by Gasteiger charge is -2.08. The molecule has 0 aliphatic heterocycles. The van der Waals surface area contributed by atoms with Gasteiger partial charge in [-0.1, -0.05) is 0 Å². The maximum Gasteiger partial charge on any atom is 0.335 e. The predicted molar refractivity (Wildman–Crippen MR) is 70.0 cm³/mol. The maximum absolute atomic E-state index is 13.5. The number of methoxy groups -OCH3 is 1. The quantitative estimate of drug-likeness (QED) is 0.601. The molecule has 0 saturated carbocycles. The van der Waals surface area contributed by atoms with Crippen LogP contribution in [-0.2, 0) is 16.1 Å². The summed E-state index contributed by atoms with van der Waals surface area (Å²) >= 11 is 0.